The molecule has 0 fully saturated rings. The summed E-state index contributed by atoms with van der Waals surface area (Å²) in [5, 5.41) is 3.55. The molecule has 4 aromatic rings. The number of hydrogen-bond acceptors (Lipinski definition) is 4. The Morgan fingerprint density at radius 1 is 0.900 bits per heavy atom. The van der Waals surface area contributed by atoms with Gasteiger partial charge in [-0.25, -0.2) is 0 Å². The van der Waals surface area contributed by atoms with E-state index in [4.69, 9.17) is 9.47 Å². The average molecular weight is 400 g/mol. The van der Waals surface area contributed by atoms with Crippen LogP contribution in [0.15, 0.2) is 89.7 Å². The molecule has 0 saturated heterocycles. The number of amides is 1. The summed E-state index contributed by atoms with van der Waals surface area (Å²) in [6.45, 7) is -0.209. The highest BCUT2D eigenvalue weighted by molar-refractivity contribution is 5.92. The van der Waals surface area contributed by atoms with E-state index < -0.39 is 0 Å². The van der Waals surface area contributed by atoms with Crippen molar-refractivity contribution in [2.45, 2.75) is 0 Å². The van der Waals surface area contributed by atoms with E-state index in [1.165, 1.54) is 6.07 Å². The monoisotopic (exact) mass is 400 g/mol. The van der Waals surface area contributed by atoms with Gasteiger partial charge in [0.25, 0.3) is 11.5 Å². The standard InChI is InChI=1S/C24H20N2O4/c1-26-21-10-6-5-9-20(21)22(15-24(26)28)29-16-23(27)25-17-11-13-19(14-12-17)30-18-7-3-2-4-8-18/h2-15H,16H2,1H3,(H,25,27). The van der Waals surface area contributed by atoms with Crippen LogP contribution < -0.4 is 20.3 Å². The molecule has 1 N–H and O–H groups in total. The maximum atomic E-state index is 12.3. The van der Waals surface area contributed by atoms with Crippen molar-refractivity contribution in [2.24, 2.45) is 7.05 Å². The molecule has 1 heterocycles. The lowest BCUT2D eigenvalue weighted by Gasteiger charge is -2.12. The van der Waals surface area contributed by atoms with Crippen LogP contribution in [0.1, 0.15) is 0 Å². The Morgan fingerprint density at radius 2 is 1.57 bits per heavy atom. The molecular formula is C24H20N2O4. The molecule has 0 aliphatic rings. The van der Waals surface area contributed by atoms with E-state index in [1.54, 1.807) is 35.9 Å². The van der Waals surface area contributed by atoms with Crippen LogP contribution in [0, 0.1) is 0 Å². The van der Waals surface area contributed by atoms with E-state index in [0.717, 1.165) is 16.7 Å². The summed E-state index contributed by atoms with van der Waals surface area (Å²) in [5.41, 5.74) is 1.17. The van der Waals surface area contributed by atoms with Gasteiger partial charge in [-0.15, -0.1) is 0 Å². The molecule has 3 aromatic carbocycles. The molecule has 6 nitrogen and oxygen atoms in total. The van der Waals surface area contributed by atoms with Gasteiger partial charge in [0.05, 0.1) is 5.52 Å². The van der Waals surface area contributed by atoms with Crippen molar-refractivity contribution in [1.82, 2.24) is 4.57 Å². The molecule has 30 heavy (non-hydrogen) atoms. The molecule has 4 rings (SSSR count). The number of anilines is 1. The van der Waals surface area contributed by atoms with Crippen molar-refractivity contribution >= 4 is 22.5 Å². The van der Waals surface area contributed by atoms with Gasteiger partial charge in [0.1, 0.15) is 17.2 Å². The molecule has 150 valence electrons. The van der Waals surface area contributed by atoms with Gasteiger partial charge in [0.2, 0.25) is 0 Å². The fourth-order valence-corrected chi connectivity index (χ4v) is 3.07. The number of hydrogen-bond donors (Lipinski definition) is 1. The molecule has 1 aromatic heterocycles. The molecule has 6 heteroatoms. The number of para-hydroxylation sites is 2. The van der Waals surface area contributed by atoms with Crippen molar-refractivity contribution in [3.05, 3.63) is 95.3 Å². The van der Waals surface area contributed by atoms with E-state index in [-0.39, 0.29) is 18.1 Å². The van der Waals surface area contributed by atoms with Crippen LogP contribution in [-0.4, -0.2) is 17.1 Å². The smallest absolute Gasteiger partial charge is 0.262 e. The van der Waals surface area contributed by atoms with Crippen molar-refractivity contribution in [2.75, 3.05) is 11.9 Å². The van der Waals surface area contributed by atoms with E-state index >= 15 is 0 Å². The number of aromatic nitrogens is 1. The second-order valence-corrected chi connectivity index (χ2v) is 6.70. The molecule has 1 amide bonds. The Morgan fingerprint density at radius 3 is 2.33 bits per heavy atom. The normalized spacial score (nSPS) is 10.6. The van der Waals surface area contributed by atoms with Crippen molar-refractivity contribution in [3.8, 4) is 17.2 Å². The van der Waals surface area contributed by atoms with Gasteiger partial charge in [0, 0.05) is 24.2 Å². The largest absolute Gasteiger partial charge is 0.483 e. The first-order valence-electron chi connectivity index (χ1n) is 9.44. The first-order valence-corrected chi connectivity index (χ1v) is 9.44. The maximum absolute atomic E-state index is 12.3. The summed E-state index contributed by atoms with van der Waals surface area (Å²) in [5.74, 6) is 1.47. The number of carbonyl (C=O) groups is 1. The zero-order chi connectivity index (χ0) is 20.9. The summed E-state index contributed by atoms with van der Waals surface area (Å²) in [6, 6.07) is 25.3. The van der Waals surface area contributed by atoms with Gasteiger partial charge >= 0.3 is 0 Å². The molecule has 0 bridgehead atoms. The Bertz CT molecular complexity index is 1230. The van der Waals surface area contributed by atoms with Gasteiger partial charge < -0.3 is 19.4 Å². The Kier molecular flexibility index (Phi) is 5.48. The van der Waals surface area contributed by atoms with Gasteiger partial charge in [-0.1, -0.05) is 30.3 Å². The SMILES string of the molecule is Cn1c(=O)cc(OCC(=O)Nc2ccc(Oc3ccccc3)cc2)c2ccccc21. The number of rotatable bonds is 6. The zero-order valence-corrected chi connectivity index (χ0v) is 16.4. The van der Waals surface area contributed by atoms with Crippen LogP contribution >= 0.6 is 0 Å². The number of ether oxygens (including phenoxy) is 2. The third-order valence-corrected chi connectivity index (χ3v) is 4.59. The number of fused-ring (bicyclic) bond motifs is 1. The maximum Gasteiger partial charge on any atom is 0.262 e. The highest BCUT2D eigenvalue weighted by Crippen LogP contribution is 2.24. The van der Waals surface area contributed by atoms with Crippen LogP contribution in [-0.2, 0) is 11.8 Å². The molecular weight excluding hydrogens is 380 g/mol. The fourth-order valence-electron chi connectivity index (χ4n) is 3.07. The molecule has 0 radical (unpaired) electrons. The lowest BCUT2D eigenvalue weighted by Crippen LogP contribution is -2.22. The van der Waals surface area contributed by atoms with Crippen LogP contribution in [0.4, 0.5) is 5.69 Å². The molecule has 0 aliphatic carbocycles. The van der Waals surface area contributed by atoms with E-state index in [1.807, 2.05) is 54.6 Å². The van der Waals surface area contributed by atoms with E-state index in [2.05, 4.69) is 5.32 Å². The number of carbonyl (C=O) groups excluding carboxylic acids is 1. The average Bonchev–Trinajstić information content (AvgIpc) is 2.77. The van der Waals surface area contributed by atoms with Crippen LogP contribution in [0.25, 0.3) is 10.9 Å². The lowest BCUT2D eigenvalue weighted by molar-refractivity contribution is -0.118. The van der Waals surface area contributed by atoms with Crippen molar-refractivity contribution < 1.29 is 14.3 Å². The van der Waals surface area contributed by atoms with Crippen molar-refractivity contribution in [1.29, 1.82) is 0 Å². The minimum atomic E-state index is -0.323. The highest BCUT2D eigenvalue weighted by Gasteiger charge is 2.10. The topological polar surface area (TPSA) is 69.6 Å². The third-order valence-electron chi connectivity index (χ3n) is 4.59. The Hall–Kier alpha value is -4.06. The lowest BCUT2D eigenvalue weighted by atomic mass is 10.2. The fraction of sp³-hybridized carbons (Fsp3) is 0.0833. The quantitative estimate of drug-likeness (QED) is 0.522. The minimum Gasteiger partial charge on any atom is -0.483 e. The van der Waals surface area contributed by atoms with Crippen LogP contribution in [0.2, 0.25) is 0 Å². The summed E-state index contributed by atoms with van der Waals surface area (Å²) < 4.78 is 12.9. The first kappa shape index (κ1) is 19.3. The minimum absolute atomic E-state index is 0.196. The summed E-state index contributed by atoms with van der Waals surface area (Å²) in [7, 11) is 1.70. The third kappa shape index (κ3) is 4.33. The molecule has 0 saturated carbocycles. The van der Waals surface area contributed by atoms with Crippen LogP contribution in [0.5, 0.6) is 17.2 Å². The second kappa shape index (κ2) is 8.53. The van der Waals surface area contributed by atoms with E-state index in [0.29, 0.717) is 17.2 Å². The first-order chi connectivity index (χ1) is 14.6. The van der Waals surface area contributed by atoms with E-state index in [9.17, 15) is 9.59 Å². The van der Waals surface area contributed by atoms with Gasteiger partial charge in [-0.2, -0.15) is 0 Å². The number of aryl methyl sites for hydroxylation is 1. The van der Waals surface area contributed by atoms with Crippen LogP contribution in [0.3, 0.4) is 0 Å². The molecule has 0 spiro atoms. The predicted octanol–water partition coefficient (Wildman–Crippen LogP) is 4.35. The number of pyridine rings is 1. The van der Waals surface area contributed by atoms with Gasteiger partial charge in [-0.05, 0) is 48.5 Å². The van der Waals surface area contributed by atoms with Crippen molar-refractivity contribution in [3.63, 3.8) is 0 Å². The van der Waals surface area contributed by atoms with Gasteiger partial charge in [-0.3, -0.25) is 9.59 Å². The number of nitrogens with one attached hydrogen (secondary N) is 1. The van der Waals surface area contributed by atoms with Gasteiger partial charge in [0.15, 0.2) is 6.61 Å². The second-order valence-electron chi connectivity index (χ2n) is 6.70. The predicted molar refractivity (Wildman–Crippen MR) is 116 cm³/mol. The summed E-state index contributed by atoms with van der Waals surface area (Å²) in [4.78, 5) is 24.4. The number of nitrogens with zero attached hydrogens (tertiary/aromatic N) is 1. The number of benzene rings is 3. The Balaban J connectivity index is 1.39. The molecule has 0 aliphatic heterocycles. The summed E-state index contributed by atoms with van der Waals surface area (Å²) >= 11 is 0. The zero-order valence-electron chi connectivity index (χ0n) is 16.4. The highest BCUT2D eigenvalue weighted by atomic mass is 16.5. The summed E-state index contributed by atoms with van der Waals surface area (Å²) in [6.07, 6.45) is 0. The molecule has 0 atom stereocenters. The molecule has 0 unspecified atom stereocenters. The Labute approximate surface area is 173 Å².